The van der Waals surface area contributed by atoms with Crippen molar-refractivity contribution in [2.24, 2.45) is 0 Å². The number of hydrogen-bond donors (Lipinski definition) is 1. The van der Waals surface area contributed by atoms with E-state index in [-0.39, 0.29) is 12.1 Å². The van der Waals surface area contributed by atoms with E-state index >= 15 is 0 Å². The number of carbonyl (C=O) groups is 1. The highest BCUT2D eigenvalue weighted by molar-refractivity contribution is 5.71. The maximum atomic E-state index is 12.6. The third-order valence-corrected chi connectivity index (χ3v) is 10.4. The Morgan fingerprint density at radius 2 is 1.43 bits per heavy atom. The SMILES string of the molecule is CCCNC(=O)Oc1ccc2cc1Oc1ccc(cc1)C[C@H]1c3c(cc(OC)c(OC)c3Oc3cc4c(cc3OC)CCN(C)[C@@H]4C2)CCN1C. The van der Waals surface area contributed by atoms with Gasteiger partial charge in [0.15, 0.2) is 34.5 Å². The van der Waals surface area contributed by atoms with Gasteiger partial charge in [-0.2, -0.15) is 0 Å². The number of fused-ring (bicyclic) bond motifs is 2. The number of nitrogens with zero attached hydrogens (tertiary/aromatic N) is 2. The lowest BCUT2D eigenvalue weighted by atomic mass is 9.87. The fourth-order valence-electron chi connectivity index (χ4n) is 7.55. The van der Waals surface area contributed by atoms with Gasteiger partial charge < -0.3 is 33.7 Å². The summed E-state index contributed by atoms with van der Waals surface area (Å²) in [4.78, 5) is 17.4. The van der Waals surface area contributed by atoms with Crippen molar-refractivity contribution in [1.29, 1.82) is 0 Å². The molecule has 4 aliphatic rings. The molecule has 1 N–H and O–H groups in total. The highest BCUT2D eigenvalue weighted by Gasteiger charge is 2.34. The number of ether oxygens (including phenoxy) is 6. The van der Waals surface area contributed by atoms with Gasteiger partial charge in [-0.15, -0.1) is 0 Å². The standard InChI is InChI=1S/C41H47N3O7/c1-7-16-42-41(45)51-33-13-10-26-20-31-30-24-36(34(46-4)22-27(30)14-17-43(31)2)50-40-38-28(23-37(47-5)39(40)48-6)15-18-44(3)32(38)19-25-8-11-29(12-9-25)49-35(33)21-26/h8-13,21-24,31-32H,7,14-20H2,1-6H3,(H,42,45)/t31-,32+/m1/s1. The third kappa shape index (κ3) is 6.90. The Labute approximate surface area is 300 Å². The Kier molecular flexibility index (Phi) is 9.97. The van der Waals surface area contributed by atoms with Crippen molar-refractivity contribution in [3.8, 4) is 46.0 Å². The van der Waals surface area contributed by atoms with Crippen molar-refractivity contribution in [3.05, 3.63) is 94.0 Å². The summed E-state index contributed by atoms with van der Waals surface area (Å²) < 4.78 is 37.2. The first-order chi connectivity index (χ1) is 24.8. The van der Waals surface area contributed by atoms with Crippen molar-refractivity contribution in [2.45, 2.75) is 51.1 Å². The lowest BCUT2D eigenvalue weighted by Gasteiger charge is -2.37. The monoisotopic (exact) mass is 693 g/mol. The molecule has 2 atom stereocenters. The van der Waals surface area contributed by atoms with Gasteiger partial charge in [0.1, 0.15) is 5.75 Å². The van der Waals surface area contributed by atoms with Crippen LogP contribution in [0.15, 0.2) is 60.7 Å². The van der Waals surface area contributed by atoms with E-state index in [1.54, 1.807) is 21.3 Å². The second kappa shape index (κ2) is 14.7. The number of likely N-dealkylation sites (N-methyl/N-ethyl adjacent to an activating group) is 2. The fourth-order valence-corrected chi connectivity index (χ4v) is 7.55. The highest BCUT2D eigenvalue weighted by Crippen LogP contribution is 2.52. The van der Waals surface area contributed by atoms with Crippen molar-refractivity contribution in [3.63, 3.8) is 0 Å². The van der Waals surface area contributed by atoms with Crippen LogP contribution in [-0.4, -0.2) is 71.0 Å². The normalized spacial score (nSPS) is 18.3. The number of nitrogens with one attached hydrogen (secondary N) is 1. The Morgan fingerprint density at radius 1 is 0.765 bits per heavy atom. The summed E-state index contributed by atoms with van der Waals surface area (Å²) in [6.45, 7) is 4.30. The third-order valence-electron chi connectivity index (χ3n) is 10.4. The summed E-state index contributed by atoms with van der Waals surface area (Å²) in [5, 5.41) is 2.79. The van der Waals surface area contributed by atoms with Crippen molar-refractivity contribution in [1.82, 2.24) is 15.1 Å². The first-order valence-corrected chi connectivity index (χ1v) is 17.7. The van der Waals surface area contributed by atoms with Crippen LogP contribution >= 0.6 is 0 Å². The van der Waals surface area contributed by atoms with E-state index < -0.39 is 6.09 Å². The summed E-state index contributed by atoms with van der Waals surface area (Å²) in [6.07, 6.45) is 3.45. The van der Waals surface area contributed by atoms with Gasteiger partial charge >= 0.3 is 6.09 Å². The van der Waals surface area contributed by atoms with E-state index in [9.17, 15) is 4.79 Å². The van der Waals surface area contributed by atoms with E-state index in [4.69, 9.17) is 28.4 Å². The van der Waals surface area contributed by atoms with Gasteiger partial charge in [0.25, 0.3) is 0 Å². The fraction of sp³-hybridized carbons (Fsp3) is 0.390. The van der Waals surface area contributed by atoms with Crippen molar-refractivity contribution >= 4 is 6.09 Å². The van der Waals surface area contributed by atoms with Crippen LogP contribution in [0.2, 0.25) is 0 Å². The number of rotatable bonds is 6. The minimum atomic E-state index is -0.507. The molecule has 51 heavy (non-hydrogen) atoms. The molecule has 10 nitrogen and oxygen atoms in total. The van der Waals surface area contributed by atoms with Crippen LogP contribution in [0.5, 0.6) is 46.0 Å². The first-order valence-electron chi connectivity index (χ1n) is 17.7. The molecule has 0 aliphatic carbocycles. The van der Waals surface area contributed by atoms with Crippen molar-refractivity contribution < 1.29 is 33.2 Å². The molecule has 0 unspecified atom stereocenters. The summed E-state index contributed by atoms with van der Waals surface area (Å²) in [5.74, 6) is 4.62. The summed E-state index contributed by atoms with van der Waals surface area (Å²) in [6, 6.07) is 20.3. The smallest absolute Gasteiger partial charge is 0.412 e. The molecule has 0 radical (unpaired) electrons. The molecule has 1 amide bonds. The van der Waals surface area contributed by atoms with Crippen LogP contribution in [0.1, 0.15) is 58.8 Å². The topological polar surface area (TPSA) is 91.0 Å². The Bertz CT molecular complexity index is 1910. The number of methoxy groups -OCH3 is 3. The van der Waals surface area contributed by atoms with E-state index in [1.807, 2.05) is 37.3 Å². The summed E-state index contributed by atoms with van der Waals surface area (Å²) in [5.41, 5.74) is 6.81. The maximum Gasteiger partial charge on any atom is 0.412 e. The minimum Gasteiger partial charge on any atom is -0.493 e. The predicted molar refractivity (Wildman–Crippen MR) is 195 cm³/mol. The molecule has 0 saturated carbocycles. The second-order valence-electron chi connectivity index (χ2n) is 13.6. The van der Waals surface area contributed by atoms with Crippen LogP contribution in [0.25, 0.3) is 0 Å². The van der Waals surface area contributed by atoms with Crippen LogP contribution in [-0.2, 0) is 25.7 Å². The van der Waals surface area contributed by atoms with Gasteiger partial charge in [-0.3, -0.25) is 9.80 Å². The van der Waals surface area contributed by atoms with Gasteiger partial charge in [0, 0.05) is 37.3 Å². The Balaban J connectivity index is 1.40. The molecule has 4 aromatic rings. The quantitative estimate of drug-likeness (QED) is 0.219. The average molecular weight is 694 g/mol. The van der Waals surface area contributed by atoms with E-state index in [0.717, 1.165) is 55.5 Å². The largest absolute Gasteiger partial charge is 0.493 e. The van der Waals surface area contributed by atoms with Crippen molar-refractivity contribution in [2.75, 3.05) is 55.1 Å². The molecule has 8 rings (SSSR count). The molecule has 0 spiro atoms. The molecular formula is C41H47N3O7. The lowest BCUT2D eigenvalue weighted by Crippen LogP contribution is -2.34. The number of benzene rings is 4. The van der Waals surface area contributed by atoms with Crippen LogP contribution < -0.4 is 33.7 Å². The molecule has 0 fully saturated rings. The molecule has 6 bridgehead atoms. The predicted octanol–water partition coefficient (Wildman–Crippen LogP) is 7.65. The van der Waals surface area contributed by atoms with E-state index in [1.165, 1.54) is 16.7 Å². The second-order valence-corrected chi connectivity index (χ2v) is 13.6. The molecule has 10 heteroatoms. The minimum absolute atomic E-state index is 0.00460. The molecule has 0 aromatic heterocycles. The number of hydrogen-bond acceptors (Lipinski definition) is 9. The van der Waals surface area contributed by atoms with Crippen LogP contribution in [0.4, 0.5) is 4.79 Å². The van der Waals surface area contributed by atoms with Gasteiger partial charge in [0.2, 0.25) is 5.75 Å². The summed E-state index contributed by atoms with van der Waals surface area (Å²) >= 11 is 0. The van der Waals surface area contributed by atoms with E-state index in [0.29, 0.717) is 59.0 Å². The average Bonchev–Trinajstić information content (AvgIpc) is 3.14. The van der Waals surface area contributed by atoms with E-state index in [2.05, 4.69) is 59.5 Å². The zero-order chi connectivity index (χ0) is 35.6. The molecule has 4 aliphatic heterocycles. The molecular weight excluding hydrogens is 646 g/mol. The van der Waals surface area contributed by atoms with Crippen LogP contribution in [0, 0.1) is 0 Å². The molecule has 268 valence electrons. The maximum absolute atomic E-state index is 12.6. The van der Waals surface area contributed by atoms with Crippen LogP contribution in [0.3, 0.4) is 0 Å². The van der Waals surface area contributed by atoms with Gasteiger partial charge in [0.05, 0.1) is 21.3 Å². The Hall–Kier alpha value is -4.93. The van der Waals surface area contributed by atoms with Gasteiger partial charge in [-0.25, -0.2) is 4.79 Å². The summed E-state index contributed by atoms with van der Waals surface area (Å²) in [7, 11) is 9.32. The first kappa shape index (κ1) is 34.5. The zero-order valence-electron chi connectivity index (χ0n) is 30.3. The lowest BCUT2D eigenvalue weighted by molar-refractivity contribution is 0.199. The van der Waals surface area contributed by atoms with Gasteiger partial charge in [-0.1, -0.05) is 25.1 Å². The molecule has 4 heterocycles. The molecule has 0 saturated heterocycles. The Morgan fingerprint density at radius 3 is 2.16 bits per heavy atom. The highest BCUT2D eigenvalue weighted by atomic mass is 16.6. The molecule has 4 aromatic carbocycles. The number of amides is 1. The zero-order valence-corrected chi connectivity index (χ0v) is 30.3. The number of carbonyl (C=O) groups excluding carboxylic acids is 1. The van der Waals surface area contributed by atoms with Gasteiger partial charge in [-0.05, 0) is 116 Å².